The van der Waals surface area contributed by atoms with Gasteiger partial charge < -0.3 is 15.3 Å². The summed E-state index contributed by atoms with van der Waals surface area (Å²) in [6, 6.07) is 10.8. The highest BCUT2D eigenvalue weighted by Crippen LogP contribution is 2.41. The smallest absolute Gasteiger partial charge is 0.317 e. The number of hydrogen-bond acceptors (Lipinski definition) is 2. The SMILES string of the molecule is CN(C(=O)NC(c1ccccc1)C1CC1)C1CCC(CO)CC1. The molecule has 2 saturated carbocycles. The molecule has 2 aliphatic rings. The Bertz CT molecular complexity index is 507. The molecule has 2 aliphatic carbocycles. The van der Waals surface area contributed by atoms with E-state index in [-0.39, 0.29) is 18.7 Å². The number of rotatable bonds is 5. The average Bonchev–Trinajstić information content (AvgIpc) is 3.44. The topological polar surface area (TPSA) is 52.6 Å². The van der Waals surface area contributed by atoms with Crippen LogP contribution in [0.3, 0.4) is 0 Å². The number of urea groups is 1. The van der Waals surface area contributed by atoms with Gasteiger partial charge in [0.15, 0.2) is 0 Å². The van der Waals surface area contributed by atoms with Crippen molar-refractivity contribution < 1.29 is 9.90 Å². The van der Waals surface area contributed by atoms with Gasteiger partial charge >= 0.3 is 6.03 Å². The van der Waals surface area contributed by atoms with Gasteiger partial charge in [-0.1, -0.05) is 30.3 Å². The molecular weight excluding hydrogens is 288 g/mol. The molecule has 1 aromatic carbocycles. The van der Waals surface area contributed by atoms with E-state index in [1.54, 1.807) is 0 Å². The van der Waals surface area contributed by atoms with Crippen molar-refractivity contribution in [1.29, 1.82) is 0 Å². The molecule has 126 valence electrons. The number of nitrogens with zero attached hydrogens (tertiary/aromatic N) is 1. The van der Waals surface area contributed by atoms with Gasteiger partial charge in [-0.2, -0.15) is 0 Å². The molecule has 2 amide bonds. The van der Waals surface area contributed by atoms with Crippen molar-refractivity contribution in [3.63, 3.8) is 0 Å². The first-order valence-corrected chi connectivity index (χ1v) is 8.88. The van der Waals surface area contributed by atoms with Gasteiger partial charge in [0.05, 0.1) is 6.04 Å². The minimum Gasteiger partial charge on any atom is -0.396 e. The molecule has 0 spiro atoms. The molecule has 0 aliphatic heterocycles. The summed E-state index contributed by atoms with van der Waals surface area (Å²) < 4.78 is 0. The van der Waals surface area contributed by atoms with E-state index in [4.69, 9.17) is 0 Å². The van der Waals surface area contributed by atoms with Gasteiger partial charge in [0.25, 0.3) is 0 Å². The Morgan fingerprint density at radius 1 is 1.17 bits per heavy atom. The van der Waals surface area contributed by atoms with Gasteiger partial charge in [0.2, 0.25) is 0 Å². The standard InChI is InChI=1S/C19H28N2O2/c1-21(17-11-7-14(13-22)8-12-17)19(23)20-18(16-9-10-16)15-5-3-2-4-6-15/h2-6,14,16-18,22H,7-13H2,1H3,(H,20,23). The largest absolute Gasteiger partial charge is 0.396 e. The van der Waals surface area contributed by atoms with Crippen molar-refractivity contribution in [2.45, 2.75) is 50.6 Å². The Balaban J connectivity index is 1.59. The Morgan fingerprint density at radius 3 is 2.39 bits per heavy atom. The minimum absolute atomic E-state index is 0.0400. The van der Waals surface area contributed by atoms with Crippen LogP contribution in [0.2, 0.25) is 0 Å². The third kappa shape index (κ3) is 4.05. The van der Waals surface area contributed by atoms with Crippen molar-refractivity contribution >= 4 is 6.03 Å². The lowest BCUT2D eigenvalue weighted by atomic mass is 9.86. The van der Waals surface area contributed by atoms with Gasteiger partial charge in [-0.25, -0.2) is 4.79 Å². The normalized spacial score (nSPS) is 25.7. The van der Waals surface area contributed by atoms with Crippen LogP contribution in [0.15, 0.2) is 30.3 Å². The van der Waals surface area contributed by atoms with Crippen LogP contribution in [-0.4, -0.2) is 35.7 Å². The summed E-state index contributed by atoms with van der Waals surface area (Å²) in [5.41, 5.74) is 1.21. The number of carbonyl (C=O) groups is 1. The van der Waals surface area contributed by atoms with Crippen molar-refractivity contribution in [2.75, 3.05) is 13.7 Å². The van der Waals surface area contributed by atoms with E-state index in [0.717, 1.165) is 25.7 Å². The number of nitrogens with one attached hydrogen (secondary N) is 1. The molecular formula is C19H28N2O2. The molecule has 0 bridgehead atoms. The summed E-state index contributed by atoms with van der Waals surface area (Å²) >= 11 is 0. The molecule has 4 heteroatoms. The second-order valence-electron chi connectivity index (χ2n) is 7.14. The van der Waals surface area contributed by atoms with Crippen LogP contribution >= 0.6 is 0 Å². The van der Waals surface area contributed by atoms with Crippen molar-refractivity contribution in [3.8, 4) is 0 Å². The van der Waals surface area contributed by atoms with E-state index in [9.17, 15) is 9.90 Å². The minimum atomic E-state index is 0.0400. The Kier molecular flexibility index (Phi) is 5.21. The fourth-order valence-electron chi connectivity index (χ4n) is 3.68. The Hall–Kier alpha value is -1.55. The third-order valence-corrected chi connectivity index (χ3v) is 5.47. The highest BCUT2D eigenvalue weighted by molar-refractivity contribution is 5.75. The molecule has 2 fully saturated rings. The van der Waals surface area contributed by atoms with Gasteiger partial charge in [-0.05, 0) is 55.9 Å². The molecule has 1 atom stereocenters. The summed E-state index contributed by atoms with van der Waals surface area (Å²) in [7, 11) is 1.91. The predicted octanol–water partition coefficient (Wildman–Crippen LogP) is 3.33. The average molecular weight is 316 g/mol. The summed E-state index contributed by atoms with van der Waals surface area (Å²) in [4.78, 5) is 14.6. The van der Waals surface area contributed by atoms with Gasteiger partial charge in [0.1, 0.15) is 0 Å². The van der Waals surface area contributed by atoms with E-state index in [1.807, 2.05) is 30.1 Å². The molecule has 2 N–H and O–H groups in total. The predicted molar refractivity (Wildman–Crippen MR) is 91.0 cm³/mol. The first kappa shape index (κ1) is 16.3. The fourth-order valence-corrected chi connectivity index (χ4v) is 3.68. The van der Waals surface area contributed by atoms with Crippen LogP contribution in [-0.2, 0) is 0 Å². The Labute approximate surface area is 138 Å². The summed E-state index contributed by atoms with van der Waals surface area (Å²) in [6.07, 6.45) is 6.42. The summed E-state index contributed by atoms with van der Waals surface area (Å²) in [6.45, 7) is 0.278. The molecule has 0 saturated heterocycles. The van der Waals surface area contributed by atoms with E-state index < -0.39 is 0 Å². The molecule has 0 radical (unpaired) electrons. The van der Waals surface area contributed by atoms with Gasteiger partial charge in [-0.3, -0.25) is 0 Å². The van der Waals surface area contributed by atoms with Gasteiger partial charge in [0, 0.05) is 19.7 Å². The quantitative estimate of drug-likeness (QED) is 0.875. The highest BCUT2D eigenvalue weighted by Gasteiger charge is 2.35. The van der Waals surface area contributed by atoms with E-state index in [0.29, 0.717) is 17.9 Å². The second kappa shape index (κ2) is 7.35. The highest BCUT2D eigenvalue weighted by atomic mass is 16.3. The van der Waals surface area contributed by atoms with Crippen LogP contribution in [0.1, 0.15) is 50.1 Å². The monoisotopic (exact) mass is 316 g/mol. The number of benzene rings is 1. The van der Waals surface area contributed by atoms with Crippen molar-refractivity contribution in [1.82, 2.24) is 10.2 Å². The number of aliphatic hydroxyl groups is 1. The van der Waals surface area contributed by atoms with E-state index >= 15 is 0 Å². The second-order valence-corrected chi connectivity index (χ2v) is 7.14. The lowest BCUT2D eigenvalue weighted by Crippen LogP contribution is -2.46. The third-order valence-electron chi connectivity index (χ3n) is 5.47. The number of aliphatic hydroxyl groups excluding tert-OH is 1. The fraction of sp³-hybridized carbons (Fsp3) is 0.632. The van der Waals surface area contributed by atoms with Crippen LogP contribution in [0, 0.1) is 11.8 Å². The maximum absolute atomic E-state index is 12.7. The van der Waals surface area contributed by atoms with E-state index in [2.05, 4.69) is 17.4 Å². The molecule has 3 rings (SSSR count). The molecule has 1 aromatic rings. The zero-order chi connectivity index (χ0) is 16.2. The lowest BCUT2D eigenvalue weighted by Gasteiger charge is -2.35. The number of amides is 2. The Morgan fingerprint density at radius 2 is 1.83 bits per heavy atom. The number of carbonyl (C=O) groups excluding carboxylic acids is 1. The van der Waals surface area contributed by atoms with E-state index in [1.165, 1.54) is 18.4 Å². The first-order chi connectivity index (χ1) is 11.2. The van der Waals surface area contributed by atoms with Crippen LogP contribution < -0.4 is 5.32 Å². The molecule has 0 aromatic heterocycles. The zero-order valence-electron chi connectivity index (χ0n) is 13.9. The van der Waals surface area contributed by atoms with Gasteiger partial charge in [-0.15, -0.1) is 0 Å². The molecule has 1 unspecified atom stereocenters. The maximum Gasteiger partial charge on any atom is 0.317 e. The first-order valence-electron chi connectivity index (χ1n) is 8.88. The van der Waals surface area contributed by atoms with Crippen molar-refractivity contribution in [2.24, 2.45) is 11.8 Å². The molecule has 23 heavy (non-hydrogen) atoms. The maximum atomic E-state index is 12.7. The van der Waals surface area contributed by atoms with Crippen LogP contribution in [0.25, 0.3) is 0 Å². The zero-order valence-corrected chi connectivity index (χ0v) is 13.9. The summed E-state index contributed by atoms with van der Waals surface area (Å²) in [5, 5.41) is 12.5. The van der Waals surface area contributed by atoms with Crippen LogP contribution in [0.4, 0.5) is 4.79 Å². The molecule has 0 heterocycles. The molecule has 4 nitrogen and oxygen atoms in total. The van der Waals surface area contributed by atoms with Crippen molar-refractivity contribution in [3.05, 3.63) is 35.9 Å². The summed E-state index contributed by atoms with van der Waals surface area (Å²) in [5.74, 6) is 1.01. The lowest BCUT2D eigenvalue weighted by molar-refractivity contribution is 0.132. The van der Waals surface area contributed by atoms with Crippen LogP contribution in [0.5, 0.6) is 0 Å². The number of hydrogen-bond donors (Lipinski definition) is 2.